The van der Waals surface area contributed by atoms with E-state index >= 15 is 0 Å². The van der Waals surface area contributed by atoms with Gasteiger partial charge in [0.25, 0.3) is 0 Å². The third kappa shape index (κ3) is 4.03. The van der Waals surface area contributed by atoms with Gasteiger partial charge in [0.1, 0.15) is 12.1 Å². The van der Waals surface area contributed by atoms with Gasteiger partial charge in [-0.3, -0.25) is 9.69 Å². The van der Waals surface area contributed by atoms with Crippen LogP contribution in [-0.4, -0.2) is 29.0 Å². The summed E-state index contributed by atoms with van der Waals surface area (Å²) in [6.07, 6.45) is 1.78. The summed E-state index contributed by atoms with van der Waals surface area (Å²) in [5.74, 6) is -0.161. The van der Waals surface area contributed by atoms with Crippen molar-refractivity contribution in [1.82, 2.24) is 4.90 Å². The Morgan fingerprint density at radius 1 is 1.14 bits per heavy atom. The largest absolute Gasteiger partial charge is 0.445 e. The summed E-state index contributed by atoms with van der Waals surface area (Å²) >= 11 is 0. The van der Waals surface area contributed by atoms with E-state index in [-0.39, 0.29) is 12.5 Å². The minimum Gasteiger partial charge on any atom is -0.445 e. The van der Waals surface area contributed by atoms with E-state index in [1.54, 1.807) is 4.90 Å². The molecule has 5 heteroatoms. The molecule has 28 heavy (non-hydrogen) atoms. The summed E-state index contributed by atoms with van der Waals surface area (Å²) in [6.45, 7) is 6.59. The summed E-state index contributed by atoms with van der Waals surface area (Å²) in [7, 11) is 0. The van der Waals surface area contributed by atoms with Crippen molar-refractivity contribution in [3.05, 3.63) is 65.2 Å². The summed E-state index contributed by atoms with van der Waals surface area (Å²) in [5.41, 5.74) is 2.97. The van der Waals surface area contributed by atoms with Crippen molar-refractivity contribution in [2.75, 3.05) is 11.9 Å². The highest BCUT2D eigenvalue weighted by Gasteiger charge is 2.46. The molecule has 148 valence electrons. The van der Waals surface area contributed by atoms with E-state index in [1.807, 2.05) is 62.4 Å². The van der Waals surface area contributed by atoms with Gasteiger partial charge in [-0.1, -0.05) is 55.5 Å². The van der Waals surface area contributed by atoms with Crippen molar-refractivity contribution in [3.63, 3.8) is 0 Å². The van der Waals surface area contributed by atoms with Crippen LogP contribution in [0.15, 0.2) is 48.5 Å². The Kier molecular flexibility index (Phi) is 6.02. The lowest BCUT2D eigenvalue weighted by Gasteiger charge is -2.33. The molecule has 3 rings (SSSR count). The molecule has 5 nitrogen and oxygen atoms in total. The first-order chi connectivity index (χ1) is 13.5. The second kappa shape index (κ2) is 8.46. The molecule has 0 radical (unpaired) electrons. The number of hydrogen-bond acceptors (Lipinski definition) is 3. The number of carbonyl (C=O) groups is 2. The van der Waals surface area contributed by atoms with Crippen LogP contribution in [0.25, 0.3) is 0 Å². The van der Waals surface area contributed by atoms with Gasteiger partial charge in [-0.25, -0.2) is 4.79 Å². The van der Waals surface area contributed by atoms with Gasteiger partial charge in [-0.15, -0.1) is 0 Å². The third-order valence-corrected chi connectivity index (χ3v) is 5.53. The minimum atomic E-state index is -0.916. The first kappa shape index (κ1) is 19.9. The van der Waals surface area contributed by atoms with Gasteiger partial charge < -0.3 is 10.1 Å². The van der Waals surface area contributed by atoms with E-state index in [2.05, 4.69) is 12.2 Å². The number of carbonyl (C=O) groups excluding carboxylic acids is 2. The van der Waals surface area contributed by atoms with Crippen LogP contribution < -0.4 is 5.32 Å². The topological polar surface area (TPSA) is 58.6 Å². The first-order valence-corrected chi connectivity index (χ1v) is 9.84. The molecule has 1 aliphatic heterocycles. The predicted molar refractivity (Wildman–Crippen MR) is 110 cm³/mol. The van der Waals surface area contributed by atoms with Crippen LogP contribution >= 0.6 is 0 Å². The lowest BCUT2D eigenvalue weighted by atomic mass is 9.96. The van der Waals surface area contributed by atoms with Crippen LogP contribution in [0.5, 0.6) is 0 Å². The van der Waals surface area contributed by atoms with Crippen LogP contribution in [0.3, 0.4) is 0 Å². The molecule has 1 aliphatic rings. The Labute approximate surface area is 166 Å². The molecule has 1 heterocycles. The SMILES string of the molecule is CCc1cccc(C)c1NC(=O)C1(C)CCCN1C(=O)OCc1ccccc1. The number of benzene rings is 2. The summed E-state index contributed by atoms with van der Waals surface area (Å²) < 4.78 is 5.48. The van der Waals surface area contributed by atoms with Gasteiger partial charge >= 0.3 is 6.09 Å². The smallest absolute Gasteiger partial charge is 0.410 e. The standard InChI is InChI=1S/C23H28N2O3/c1-4-19-13-8-10-17(2)20(19)24-21(26)23(3)14-9-15-25(23)22(27)28-16-18-11-6-5-7-12-18/h5-8,10-13H,4,9,14-16H2,1-3H3,(H,24,26). The Morgan fingerprint density at radius 3 is 2.61 bits per heavy atom. The molecule has 1 N–H and O–H groups in total. The average Bonchev–Trinajstić information content (AvgIpc) is 3.11. The number of nitrogens with zero attached hydrogens (tertiary/aromatic N) is 1. The fourth-order valence-corrected chi connectivity index (χ4v) is 3.74. The number of para-hydroxylation sites is 1. The highest BCUT2D eigenvalue weighted by atomic mass is 16.6. The minimum absolute atomic E-state index is 0.161. The molecule has 0 saturated carbocycles. The van der Waals surface area contributed by atoms with Crippen molar-refractivity contribution in [3.8, 4) is 0 Å². The van der Waals surface area contributed by atoms with E-state index in [1.165, 1.54) is 0 Å². The maximum absolute atomic E-state index is 13.2. The van der Waals surface area contributed by atoms with Crippen molar-refractivity contribution in [2.24, 2.45) is 0 Å². The summed E-state index contributed by atoms with van der Waals surface area (Å²) in [6, 6.07) is 15.6. The number of rotatable bonds is 5. The number of aryl methyl sites for hydroxylation is 2. The predicted octanol–water partition coefficient (Wildman–Crippen LogP) is 4.69. The van der Waals surface area contributed by atoms with Gasteiger partial charge in [0.05, 0.1) is 0 Å². The zero-order chi connectivity index (χ0) is 20.1. The maximum atomic E-state index is 13.2. The van der Waals surface area contributed by atoms with Gasteiger partial charge in [-0.05, 0) is 49.8 Å². The van der Waals surface area contributed by atoms with Crippen LogP contribution in [0, 0.1) is 6.92 Å². The average molecular weight is 380 g/mol. The molecule has 0 bridgehead atoms. The summed E-state index contributed by atoms with van der Waals surface area (Å²) in [5, 5.41) is 3.08. The molecule has 1 unspecified atom stereocenters. The molecule has 2 amide bonds. The van der Waals surface area contributed by atoms with E-state index < -0.39 is 11.6 Å². The van der Waals surface area contributed by atoms with E-state index in [0.29, 0.717) is 13.0 Å². The molecule has 1 fully saturated rings. The third-order valence-electron chi connectivity index (χ3n) is 5.53. The van der Waals surface area contributed by atoms with Crippen LogP contribution in [0.2, 0.25) is 0 Å². The summed E-state index contributed by atoms with van der Waals surface area (Å²) in [4.78, 5) is 27.5. The van der Waals surface area contributed by atoms with Crippen molar-refractivity contribution >= 4 is 17.7 Å². The number of nitrogens with one attached hydrogen (secondary N) is 1. The van der Waals surface area contributed by atoms with Crippen LogP contribution in [-0.2, 0) is 22.6 Å². The molecule has 0 aliphatic carbocycles. The molecular formula is C23H28N2O3. The number of anilines is 1. The van der Waals surface area contributed by atoms with Crippen LogP contribution in [0.4, 0.5) is 10.5 Å². The second-order valence-electron chi connectivity index (χ2n) is 7.49. The number of likely N-dealkylation sites (tertiary alicyclic amines) is 1. The lowest BCUT2D eigenvalue weighted by Crippen LogP contribution is -2.53. The Morgan fingerprint density at radius 2 is 1.89 bits per heavy atom. The van der Waals surface area contributed by atoms with Gasteiger partial charge in [0.2, 0.25) is 5.91 Å². The van der Waals surface area contributed by atoms with Crippen LogP contribution in [0.1, 0.15) is 43.4 Å². The highest BCUT2D eigenvalue weighted by molar-refractivity contribution is 6.01. The Balaban J connectivity index is 1.72. The lowest BCUT2D eigenvalue weighted by molar-refractivity contribution is -0.125. The molecule has 1 atom stereocenters. The van der Waals surface area contributed by atoms with Gasteiger partial charge in [-0.2, -0.15) is 0 Å². The van der Waals surface area contributed by atoms with Gasteiger partial charge in [0, 0.05) is 12.2 Å². The van der Waals surface area contributed by atoms with E-state index in [4.69, 9.17) is 4.74 Å². The first-order valence-electron chi connectivity index (χ1n) is 9.84. The fourth-order valence-electron chi connectivity index (χ4n) is 3.74. The number of ether oxygens (including phenoxy) is 1. The Hall–Kier alpha value is -2.82. The zero-order valence-electron chi connectivity index (χ0n) is 16.8. The number of hydrogen-bond donors (Lipinski definition) is 1. The Bertz CT molecular complexity index is 850. The second-order valence-corrected chi connectivity index (χ2v) is 7.49. The highest BCUT2D eigenvalue weighted by Crippen LogP contribution is 2.32. The van der Waals surface area contributed by atoms with E-state index in [9.17, 15) is 9.59 Å². The maximum Gasteiger partial charge on any atom is 0.410 e. The van der Waals surface area contributed by atoms with Crippen molar-refractivity contribution in [2.45, 2.75) is 52.2 Å². The molecule has 0 spiro atoms. The van der Waals surface area contributed by atoms with Crippen molar-refractivity contribution in [1.29, 1.82) is 0 Å². The fraction of sp³-hybridized carbons (Fsp3) is 0.391. The monoisotopic (exact) mass is 380 g/mol. The molecule has 2 aromatic carbocycles. The van der Waals surface area contributed by atoms with Gasteiger partial charge in [0.15, 0.2) is 0 Å². The molecule has 0 aromatic heterocycles. The zero-order valence-corrected chi connectivity index (χ0v) is 16.8. The molecule has 1 saturated heterocycles. The normalized spacial score (nSPS) is 18.8. The van der Waals surface area contributed by atoms with Crippen molar-refractivity contribution < 1.29 is 14.3 Å². The van der Waals surface area contributed by atoms with E-state index in [0.717, 1.165) is 35.2 Å². The quantitative estimate of drug-likeness (QED) is 0.819. The number of amides is 2. The molecule has 2 aromatic rings. The molecular weight excluding hydrogens is 352 g/mol.